The molecule has 2 N–H and O–H groups in total. The zero-order chi connectivity index (χ0) is 27.4. The fourth-order valence-electron chi connectivity index (χ4n) is 3.81. The van der Waals surface area contributed by atoms with E-state index < -0.39 is 23.8 Å². The van der Waals surface area contributed by atoms with E-state index in [1.165, 1.54) is 0 Å². The van der Waals surface area contributed by atoms with Crippen molar-refractivity contribution < 1.29 is 19.1 Å². The van der Waals surface area contributed by atoms with E-state index >= 15 is 0 Å². The maximum absolute atomic E-state index is 13.7. The van der Waals surface area contributed by atoms with Gasteiger partial charge in [0.2, 0.25) is 11.8 Å². The van der Waals surface area contributed by atoms with Gasteiger partial charge >= 0.3 is 6.09 Å². The molecule has 0 aromatic heterocycles. The van der Waals surface area contributed by atoms with Crippen molar-refractivity contribution in [2.45, 2.75) is 78.1 Å². The van der Waals surface area contributed by atoms with E-state index in [1.807, 2.05) is 30.3 Å². The molecule has 7 heteroatoms. The summed E-state index contributed by atoms with van der Waals surface area (Å²) in [5, 5.41) is 5.60. The van der Waals surface area contributed by atoms with Crippen molar-refractivity contribution in [3.05, 3.63) is 71.3 Å². The lowest BCUT2D eigenvalue weighted by Crippen LogP contribution is -2.52. The number of rotatable bonds is 11. The maximum atomic E-state index is 13.7. The second-order valence-electron chi connectivity index (χ2n) is 9.98. The summed E-state index contributed by atoms with van der Waals surface area (Å²) in [6.07, 6.45) is 7.39. The molecule has 0 saturated carbocycles. The number of nitrogens with one attached hydrogen (secondary N) is 2. The lowest BCUT2D eigenvalue weighted by atomic mass is 10.0. The van der Waals surface area contributed by atoms with Gasteiger partial charge in [-0.25, -0.2) is 4.79 Å². The first kappa shape index (κ1) is 29.4. The second-order valence-corrected chi connectivity index (χ2v) is 9.98. The van der Waals surface area contributed by atoms with E-state index in [0.29, 0.717) is 30.6 Å². The number of hydrogen-bond donors (Lipinski definition) is 2. The van der Waals surface area contributed by atoms with Crippen molar-refractivity contribution >= 4 is 17.9 Å². The topological polar surface area (TPSA) is 87.7 Å². The molecule has 0 spiro atoms. The third-order valence-corrected chi connectivity index (χ3v) is 5.65. The Hall–Kier alpha value is -3.79. The molecular formula is C30H39N3O4. The highest BCUT2D eigenvalue weighted by atomic mass is 16.6. The van der Waals surface area contributed by atoms with Crippen LogP contribution in [-0.2, 0) is 20.9 Å². The fourth-order valence-corrected chi connectivity index (χ4v) is 3.81. The van der Waals surface area contributed by atoms with Gasteiger partial charge in [-0.15, -0.1) is 6.42 Å². The Morgan fingerprint density at radius 2 is 1.68 bits per heavy atom. The van der Waals surface area contributed by atoms with Gasteiger partial charge in [0.15, 0.2) is 0 Å². The molecule has 0 fully saturated rings. The van der Waals surface area contributed by atoms with E-state index in [2.05, 4.69) is 23.5 Å². The number of carbonyl (C=O) groups excluding carboxylic acids is 3. The monoisotopic (exact) mass is 505 g/mol. The Kier molecular flexibility index (Phi) is 11.2. The molecule has 198 valence electrons. The van der Waals surface area contributed by atoms with E-state index in [0.717, 1.165) is 18.4 Å². The molecule has 0 radical (unpaired) electrons. The van der Waals surface area contributed by atoms with Gasteiger partial charge in [-0.2, -0.15) is 0 Å². The van der Waals surface area contributed by atoms with Crippen molar-refractivity contribution in [1.29, 1.82) is 0 Å². The Morgan fingerprint density at radius 3 is 2.24 bits per heavy atom. The number of ether oxygens (including phenoxy) is 1. The highest BCUT2D eigenvalue weighted by Crippen LogP contribution is 2.24. The number of amides is 3. The van der Waals surface area contributed by atoms with E-state index in [9.17, 15) is 14.4 Å². The molecule has 37 heavy (non-hydrogen) atoms. The molecule has 7 nitrogen and oxygen atoms in total. The molecule has 0 bridgehead atoms. The van der Waals surface area contributed by atoms with Crippen molar-refractivity contribution in [1.82, 2.24) is 15.5 Å². The number of alkyl carbamates (subject to hydrolysis) is 1. The number of hydrogen-bond acceptors (Lipinski definition) is 4. The highest BCUT2D eigenvalue weighted by Gasteiger charge is 2.34. The minimum atomic E-state index is -0.900. The normalized spacial score (nSPS) is 12.5. The van der Waals surface area contributed by atoms with E-state index in [1.54, 1.807) is 56.9 Å². The molecule has 0 aliphatic carbocycles. The van der Waals surface area contributed by atoms with Crippen LogP contribution in [0.25, 0.3) is 0 Å². The fraction of sp³-hybridized carbons (Fsp3) is 0.433. The summed E-state index contributed by atoms with van der Waals surface area (Å²) in [4.78, 5) is 41.2. The third-order valence-electron chi connectivity index (χ3n) is 5.65. The largest absolute Gasteiger partial charge is 0.444 e. The molecule has 2 aromatic rings. The van der Waals surface area contributed by atoms with Gasteiger partial charge < -0.3 is 20.3 Å². The second kappa shape index (κ2) is 14.1. The summed E-state index contributed by atoms with van der Waals surface area (Å²) in [5.41, 5.74) is 1.56. The highest BCUT2D eigenvalue weighted by molar-refractivity contribution is 5.92. The molecule has 0 aliphatic rings. The van der Waals surface area contributed by atoms with Crippen LogP contribution in [-0.4, -0.2) is 41.0 Å². The van der Waals surface area contributed by atoms with Gasteiger partial charge in [0.05, 0.1) is 0 Å². The minimum absolute atomic E-state index is 0.313. The first-order valence-electron chi connectivity index (χ1n) is 12.7. The van der Waals surface area contributed by atoms with Gasteiger partial charge in [-0.05, 0) is 57.4 Å². The molecule has 2 aromatic carbocycles. The van der Waals surface area contributed by atoms with Crippen LogP contribution in [0.2, 0.25) is 0 Å². The smallest absolute Gasteiger partial charge is 0.408 e. The van der Waals surface area contributed by atoms with Crippen LogP contribution in [0.5, 0.6) is 0 Å². The molecule has 2 atom stereocenters. The maximum Gasteiger partial charge on any atom is 0.408 e. The average Bonchev–Trinajstić information content (AvgIpc) is 2.86. The van der Waals surface area contributed by atoms with E-state index in [-0.39, 0.29) is 11.8 Å². The number of benzene rings is 2. The van der Waals surface area contributed by atoms with Crippen LogP contribution in [0.1, 0.15) is 76.6 Å². The Bertz CT molecular complexity index is 1070. The van der Waals surface area contributed by atoms with Crippen LogP contribution in [0.4, 0.5) is 4.79 Å². The first-order valence-corrected chi connectivity index (χ1v) is 12.7. The first-order chi connectivity index (χ1) is 17.6. The predicted octanol–water partition coefficient (Wildman–Crippen LogP) is 4.96. The van der Waals surface area contributed by atoms with Crippen molar-refractivity contribution in [2.75, 3.05) is 6.54 Å². The van der Waals surface area contributed by atoms with Gasteiger partial charge in [0.25, 0.3) is 0 Å². The van der Waals surface area contributed by atoms with Gasteiger partial charge in [-0.1, -0.05) is 68.2 Å². The summed E-state index contributed by atoms with van der Waals surface area (Å²) in [6, 6.07) is 14.8. The summed E-state index contributed by atoms with van der Waals surface area (Å²) in [7, 11) is 0. The summed E-state index contributed by atoms with van der Waals surface area (Å²) < 4.78 is 5.32. The lowest BCUT2D eigenvalue weighted by molar-refractivity contribution is -0.142. The number of unbranched alkanes of at least 4 members (excludes halogenated alkanes) is 2. The number of terminal acetylenes is 1. The van der Waals surface area contributed by atoms with Crippen molar-refractivity contribution in [3.8, 4) is 12.3 Å². The Labute approximate surface area is 221 Å². The number of nitrogens with zero attached hydrogens (tertiary/aromatic N) is 1. The summed E-state index contributed by atoms with van der Waals surface area (Å²) >= 11 is 0. The molecule has 2 rings (SSSR count). The van der Waals surface area contributed by atoms with Crippen LogP contribution in [0.3, 0.4) is 0 Å². The van der Waals surface area contributed by atoms with Gasteiger partial charge in [0.1, 0.15) is 17.7 Å². The minimum Gasteiger partial charge on any atom is -0.444 e. The van der Waals surface area contributed by atoms with Crippen molar-refractivity contribution in [2.24, 2.45) is 0 Å². The van der Waals surface area contributed by atoms with Crippen LogP contribution in [0.15, 0.2) is 54.6 Å². The lowest BCUT2D eigenvalue weighted by Gasteiger charge is -2.34. The molecular weight excluding hydrogens is 466 g/mol. The van der Waals surface area contributed by atoms with Crippen LogP contribution in [0, 0.1) is 12.3 Å². The van der Waals surface area contributed by atoms with Gasteiger partial charge in [-0.3, -0.25) is 9.59 Å². The average molecular weight is 506 g/mol. The standard InChI is InChI=1S/C30H39N3O4/c1-7-9-13-20-33(28(35)22(3)32-29(36)37-30(4,5)6)26(25-18-16-23(8-2)17-19-25)27(34)31-21-24-14-11-10-12-15-24/h2,10-12,14-19,22,26H,7,9,13,20-21H2,1,3-6H3,(H,31,34)(H,32,36). The molecule has 3 amide bonds. The van der Waals surface area contributed by atoms with Crippen molar-refractivity contribution in [3.63, 3.8) is 0 Å². The Balaban J connectivity index is 2.37. The molecule has 0 saturated heterocycles. The molecule has 0 aliphatic heterocycles. The zero-order valence-electron chi connectivity index (χ0n) is 22.5. The van der Waals surface area contributed by atoms with Crippen LogP contribution < -0.4 is 10.6 Å². The van der Waals surface area contributed by atoms with Crippen LogP contribution >= 0.6 is 0 Å². The third kappa shape index (κ3) is 9.64. The van der Waals surface area contributed by atoms with Gasteiger partial charge in [0, 0.05) is 18.7 Å². The number of carbonyl (C=O) groups is 3. The van der Waals surface area contributed by atoms with E-state index in [4.69, 9.17) is 11.2 Å². The predicted molar refractivity (Wildman–Crippen MR) is 145 cm³/mol. The molecule has 2 unspecified atom stereocenters. The SMILES string of the molecule is C#Cc1ccc(C(C(=O)NCc2ccccc2)N(CCCCC)C(=O)C(C)NC(=O)OC(C)(C)C)cc1. The zero-order valence-corrected chi connectivity index (χ0v) is 22.5. The molecule has 0 heterocycles. The Morgan fingerprint density at radius 1 is 1.03 bits per heavy atom. The summed E-state index contributed by atoms with van der Waals surface area (Å²) in [6.45, 7) is 9.60. The summed E-state index contributed by atoms with van der Waals surface area (Å²) in [5.74, 6) is 1.89. The quantitative estimate of drug-likeness (QED) is 0.334.